The van der Waals surface area contributed by atoms with E-state index in [-0.39, 0.29) is 17.4 Å². The molecule has 0 aromatic carbocycles. The first-order valence-corrected chi connectivity index (χ1v) is 6.81. The Morgan fingerprint density at radius 1 is 1.28 bits per heavy atom. The molecule has 0 aromatic heterocycles. The van der Waals surface area contributed by atoms with Crippen molar-refractivity contribution in [3.8, 4) is 0 Å². The van der Waals surface area contributed by atoms with Crippen molar-refractivity contribution in [1.29, 1.82) is 0 Å². The van der Waals surface area contributed by atoms with Crippen LogP contribution in [0.2, 0.25) is 0 Å². The maximum atomic E-state index is 12.3. The zero-order chi connectivity index (χ0) is 13.9. The highest BCUT2D eigenvalue weighted by atomic mass is 16.4. The molecule has 0 aliphatic heterocycles. The van der Waals surface area contributed by atoms with Crippen LogP contribution in [-0.4, -0.2) is 22.5 Å². The van der Waals surface area contributed by atoms with Gasteiger partial charge in [-0.05, 0) is 45.4 Å². The standard InChI is InChI=1S/C14H25NO3/c1-5-14(3,4)15-12(16)11-8-9(2)6-7-10(11)13(17)18/h9-11H,5-8H2,1-4H3,(H,15,16)(H,17,18). The minimum Gasteiger partial charge on any atom is -0.481 e. The highest BCUT2D eigenvalue weighted by molar-refractivity contribution is 5.85. The molecule has 3 atom stereocenters. The fourth-order valence-electron chi connectivity index (χ4n) is 2.48. The van der Waals surface area contributed by atoms with Crippen LogP contribution in [0.1, 0.15) is 53.4 Å². The zero-order valence-electron chi connectivity index (χ0n) is 11.8. The zero-order valence-corrected chi connectivity index (χ0v) is 11.8. The molecule has 18 heavy (non-hydrogen) atoms. The second kappa shape index (κ2) is 5.72. The first-order valence-electron chi connectivity index (χ1n) is 6.81. The van der Waals surface area contributed by atoms with E-state index in [9.17, 15) is 14.7 Å². The van der Waals surface area contributed by atoms with Gasteiger partial charge in [0, 0.05) is 5.54 Å². The largest absolute Gasteiger partial charge is 0.481 e. The van der Waals surface area contributed by atoms with Crippen LogP contribution in [0.25, 0.3) is 0 Å². The van der Waals surface area contributed by atoms with E-state index in [2.05, 4.69) is 12.2 Å². The van der Waals surface area contributed by atoms with Crippen molar-refractivity contribution < 1.29 is 14.7 Å². The van der Waals surface area contributed by atoms with Crippen molar-refractivity contribution >= 4 is 11.9 Å². The number of rotatable bonds is 4. The molecule has 1 rings (SSSR count). The second-order valence-corrected chi connectivity index (χ2v) is 6.20. The van der Waals surface area contributed by atoms with Gasteiger partial charge in [0.05, 0.1) is 11.8 Å². The topological polar surface area (TPSA) is 66.4 Å². The third-order valence-electron chi connectivity index (χ3n) is 4.11. The summed E-state index contributed by atoms with van der Waals surface area (Å²) in [6.45, 7) is 8.03. The summed E-state index contributed by atoms with van der Waals surface area (Å²) in [4.78, 5) is 23.5. The van der Waals surface area contributed by atoms with Crippen molar-refractivity contribution in [3.05, 3.63) is 0 Å². The van der Waals surface area contributed by atoms with Gasteiger partial charge >= 0.3 is 5.97 Å². The van der Waals surface area contributed by atoms with Crippen molar-refractivity contribution in [2.45, 2.75) is 58.9 Å². The lowest BCUT2D eigenvalue weighted by molar-refractivity contribution is -0.150. The molecule has 4 nitrogen and oxygen atoms in total. The van der Waals surface area contributed by atoms with E-state index < -0.39 is 11.9 Å². The van der Waals surface area contributed by atoms with Crippen LogP contribution in [0.15, 0.2) is 0 Å². The Labute approximate surface area is 109 Å². The van der Waals surface area contributed by atoms with Gasteiger partial charge in [-0.2, -0.15) is 0 Å². The van der Waals surface area contributed by atoms with Crippen LogP contribution in [0, 0.1) is 17.8 Å². The van der Waals surface area contributed by atoms with E-state index >= 15 is 0 Å². The summed E-state index contributed by atoms with van der Waals surface area (Å²) in [5.74, 6) is -1.40. The lowest BCUT2D eigenvalue weighted by Crippen LogP contribution is -2.49. The molecule has 2 N–H and O–H groups in total. The van der Waals surface area contributed by atoms with Crippen molar-refractivity contribution in [2.75, 3.05) is 0 Å². The van der Waals surface area contributed by atoms with Gasteiger partial charge in [-0.1, -0.05) is 13.8 Å². The monoisotopic (exact) mass is 255 g/mol. The molecule has 1 saturated carbocycles. The van der Waals surface area contributed by atoms with Crippen LogP contribution in [0.4, 0.5) is 0 Å². The van der Waals surface area contributed by atoms with Gasteiger partial charge in [-0.3, -0.25) is 9.59 Å². The number of hydrogen-bond acceptors (Lipinski definition) is 2. The number of carboxylic acids is 1. The predicted octanol–water partition coefficient (Wildman–Crippen LogP) is 2.43. The molecular weight excluding hydrogens is 230 g/mol. The third kappa shape index (κ3) is 3.72. The van der Waals surface area contributed by atoms with E-state index in [1.54, 1.807) is 0 Å². The maximum Gasteiger partial charge on any atom is 0.307 e. The Morgan fingerprint density at radius 2 is 1.89 bits per heavy atom. The molecule has 0 heterocycles. The normalized spacial score (nSPS) is 28.8. The van der Waals surface area contributed by atoms with Gasteiger partial charge in [0.2, 0.25) is 5.91 Å². The highest BCUT2D eigenvalue weighted by Crippen LogP contribution is 2.34. The number of carbonyl (C=O) groups is 2. The molecule has 0 bridgehead atoms. The average molecular weight is 255 g/mol. The van der Waals surface area contributed by atoms with E-state index in [0.29, 0.717) is 18.8 Å². The molecule has 4 heteroatoms. The molecule has 0 radical (unpaired) electrons. The van der Waals surface area contributed by atoms with E-state index in [1.807, 2.05) is 20.8 Å². The summed E-state index contributed by atoms with van der Waals surface area (Å²) in [6, 6.07) is 0. The highest BCUT2D eigenvalue weighted by Gasteiger charge is 2.39. The van der Waals surface area contributed by atoms with Gasteiger partial charge in [-0.15, -0.1) is 0 Å². The number of carbonyl (C=O) groups excluding carboxylic acids is 1. The number of amides is 1. The fourth-order valence-corrected chi connectivity index (χ4v) is 2.48. The number of nitrogens with one attached hydrogen (secondary N) is 1. The van der Waals surface area contributed by atoms with Crippen LogP contribution >= 0.6 is 0 Å². The number of aliphatic carboxylic acids is 1. The lowest BCUT2D eigenvalue weighted by atomic mass is 9.74. The van der Waals surface area contributed by atoms with Gasteiger partial charge in [0.15, 0.2) is 0 Å². The van der Waals surface area contributed by atoms with Gasteiger partial charge in [0.25, 0.3) is 0 Å². The lowest BCUT2D eigenvalue weighted by Gasteiger charge is -2.34. The Bertz CT molecular complexity index is 325. The van der Waals surface area contributed by atoms with Crippen LogP contribution in [0.3, 0.4) is 0 Å². The van der Waals surface area contributed by atoms with Gasteiger partial charge in [-0.25, -0.2) is 0 Å². The fraction of sp³-hybridized carbons (Fsp3) is 0.857. The molecule has 104 valence electrons. The summed E-state index contributed by atoms with van der Waals surface area (Å²) >= 11 is 0. The average Bonchev–Trinajstić information content (AvgIpc) is 2.28. The van der Waals surface area contributed by atoms with Gasteiger partial charge in [0.1, 0.15) is 0 Å². The molecule has 3 unspecified atom stereocenters. The summed E-state index contributed by atoms with van der Waals surface area (Å²) in [5, 5.41) is 12.2. The minimum atomic E-state index is -0.837. The summed E-state index contributed by atoms with van der Waals surface area (Å²) in [7, 11) is 0. The Kier molecular flexibility index (Phi) is 4.77. The third-order valence-corrected chi connectivity index (χ3v) is 4.11. The molecule has 0 aromatic rings. The van der Waals surface area contributed by atoms with Crippen molar-refractivity contribution in [1.82, 2.24) is 5.32 Å². The van der Waals surface area contributed by atoms with E-state index in [4.69, 9.17) is 0 Å². The summed E-state index contributed by atoms with van der Waals surface area (Å²) in [5.41, 5.74) is -0.263. The molecule has 1 fully saturated rings. The van der Waals surface area contributed by atoms with Crippen LogP contribution < -0.4 is 5.32 Å². The second-order valence-electron chi connectivity index (χ2n) is 6.20. The predicted molar refractivity (Wildman–Crippen MR) is 70.1 cm³/mol. The number of hydrogen-bond donors (Lipinski definition) is 2. The smallest absolute Gasteiger partial charge is 0.307 e. The Balaban J connectivity index is 2.76. The molecule has 1 amide bonds. The Hall–Kier alpha value is -1.06. The van der Waals surface area contributed by atoms with E-state index in [0.717, 1.165) is 12.8 Å². The van der Waals surface area contributed by atoms with Crippen molar-refractivity contribution in [2.24, 2.45) is 17.8 Å². The summed E-state index contributed by atoms with van der Waals surface area (Å²) in [6.07, 6.45) is 3.03. The first-order chi connectivity index (χ1) is 8.26. The van der Waals surface area contributed by atoms with Crippen LogP contribution in [0.5, 0.6) is 0 Å². The first kappa shape index (κ1) is 15.0. The van der Waals surface area contributed by atoms with Crippen LogP contribution in [-0.2, 0) is 9.59 Å². The summed E-state index contributed by atoms with van der Waals surface area (Å²) < 4.78 is 0. The molecule has 0 saturated heterocycles. The Morgan fingerprint density at radius 3 is 2.39 bits per heavy atom. The van der Waals surface area contributed by atoms with Gasteiger partial charge < -0.3 is 10.4 Å². The molecule has 1 aliphatic carbocycles. The molecular formula is C14H25NO3. The van der Waals surface area contributed by atoms with E-state index in [1.165, 1.54) is 0 Å². The SMILES string of the molecule is CCC(C)(C)NC(=O)C1CC(C)CCC1C(=O)O. The molecule has 0 spiro atoms. The maximum absolute atomic E-state index is 12.3. The minimum absolute atomic E-state index is 0.0965. The van der Waals surface area contributed by atoms with Crippen molar-refractivity contribution in [3.63, 3.8) is 0 Å². The number of carboxylic acid groups (broad SMARTS) is 1. The molecule has 1 aliphatic rings. The quantitative estimate of drug-likeness (QED) is 0.810.